The van der Waals surface area contributed by atoms with Gasteiger partial charge in [-0.3, -0.25) is 0 Å². The molecule has 0 fully saturated rings. The number of hydrogen-bond acceptors (Lipinski definition) is 3. The van der Waals surface area contributed by atoms with Crippen LogP contribution in [0.25, 0.3) is 0 Å². The van der Waals surface area contributed by atoms with Crippen LogP contribution in [0, 0.1) is 0 Å². The van der Waals surface area contributed by atoms with E-state index in [1.165, 1.54) is 6.42 Å². The highest BCUT2D eigenvalue weighted by Gasteiger charge is 1.96. The van der Waals surface area contributed by atoms with Crippen LogP contribution < -0.4 is 0 Å². The smallest absolute Gasteiger partial charge is 0.0225 e. The minimum atomic E-state index is 0.794. The highest BCUT2D eigenvalue weighted by molar-refractivity contribution is 8.77. The van der Waals surface area contributed by atoms with Gasteiger partial charge in [0.05, 0.1) is 0 Å². The van der Waals surface area contributed by atoms with Crippen LogP contribution in [-0.2, 0) is 0 Å². The van der Waals surface area contributed by atoms with E-state index in [0.717, 1.165) is 11.0 Å². The van der Waals surface area contributed by atoms with Crippen LogP contribution in [0.4, 0.5) is 0 Å². The summed E-state index contributed by atoms with van der Waals surface area (Å²) >= 11 is 1.76. The molecule has 66 valence electrons. The van der Waals surface area contributed by atoms with Crippen LogP contribution in [0.1, 0.15) is 20.3 Å². The van der Waals surface area contributed by atoms with Crippen molar-refractivity contribution in [3.8, 4) is 0 Å². The van der Waals surface area contributed by atoms with E-state index in [4.69, 9.17) is 0 Å². The Kier molecular flexibility index (Phi) is 9.52. The lowest BCUT2D eigenvalue weighted by molar-refractivity contribution is 0.912. The van der Waals surface area contributed by atoms with E-state index in [9.17, 15) is 0 Å². The predicted octanol–water partition coefficient (Wildman–Crippen LogP) is 4.04. The summed E-state index contributed by atoms with van der Waals surface area (Å²) in [5.74, 6) is 1.13. The Morgan fingerprint density at radius 3 is 2.73 bits per heavy atom. The molecule has 0 aromatic rings. The minimum absolute atomic E-state index is 0.794. The topological polar surface area (TPSA) is 0 Å². The minimum Gasteiger partial charge on any atom is -0.138 e. The first-order valence-electron chi connectivity index (χ1n) is 3.77. The molecule has 0 N–H and O–H groups in total. The van der Waals surface area contributed by atoms with E-state index in [1.54, 1.807) is 11.8 Å². The van der Waals surface area contributed by atoms with Crippen molar-refractivity contribution < 1.29 is 0 Å². The third-order valence-electron chi connectivity index (χ3n) is 1.20. The first-order chi connectivity index (χ1) is 5.31. The van der Waals surface area contributed by atoms with Gasteiger partial charge in [0.1, 0.15) is 0 Å². The summed E-state index contributed by atoms with van der Waals surface area (Å²) in [6.45, 7) is 4.51. The average molecular weight is 208 g/mol. The van der Waals surface area contributed by atoms with Crippen LogP contribution >= 0.6 is 33.3 Å². The predicted molar refractivity (Wildman–Crippen MR) is 62.5 cm³/mol. The fraction of sp³-hybridized carbons (Fsp3) is 0.750. The lowest BCUT2D eigenvalue weighted by Gasteiger charge is -2.04. The second-order valence-corrected chi connectivity index (χ2v) is 5.80. The Morgan fingerprint density at radius 1 is 1.45 bits per heavy atom. The van der Waals surface area contributed by atoms with E-state index in [2.05, 4.69) is 31.6 Å². The summed E-state index contributed by atoms with van der Waals surface area (Å²) in [7, 11) is 3.93. The summed E-state index contributed by atoms with van der Waals surface area (Å²) in [4.78, 5) is 0. The second-order valence-electron chi connectivity index (χ2n) is 2.21. The molecule has 0 bridgehead atoms. The molecular formula is C8H16S3. The molecule has 0 saturated heterocycles. The van der Waals surface area contributed by atoms with Gasteiger partial charge in [0.15, 0.2) is 0 Å². The van der Waals surface area contributed by atoms with Gasteiger partial charge in [-0.05, 0) is 18.1 Å². The van der Waals surface area contributed by atoms with Gasteiger partial charge in [0.25, 0.3) is 0 Å². The molecule has 0 nitrogen and oxygen atoms in total. The lowest BCUT2D eigenvalue weighted by atomic mass is 10.4. The highest BCUT2D eigenvalue weighted by atomic mass is 33.1. The Bertz CT molecular complexity index is 102. The largest absolute Gasteiger partial charge is 0.138 e. The maximum absolute atomic E-state index is 2.27. The van der Waals surface area contributed by atoms with Gasteiger partial charge in [-0.1, -0.05) is 41.5 Å². The standard InChI is InChI=1S/C8H16S3/c1-4-8(2)11-10-7-5-6-9-3/h5-6,8H,4,7H2,1-3H3/b6-5+/t8-/m1/s1. The van der Waals surface area contributed by atoms with E-state index in [-0.39, 0.29) is 0 Å². The Hall–Kier alpha value is 0.790. The van der Waals surface area contributed by atoms with E-state index in [0.29, 0.717) is 0 Å². The van der Waals surface area contributed by atoms with Crippen LogP contribution in [0.3, 0.4) is 0 Å². The molecule has 0 rings (SSSR count). The molecule has 0 amide bonds. The Labute approximate surface area is 82.4 Å². The van der Waals surface area contributed by atoms with Crippen molar-refractivity contribution in [2.75, 3.05) is 12.0 Å². The van der Waals surface area contributed by atoms with Gasteiger partial charge in [-0.25, -0.2) is 0 Å². The maximum atomic E-state index is 2.27. The molecule has 1 atom stereocenters. The van der Waals surface area contributed by atoms with E-state index in [1.807, 2.05) is 21.6 Å². The van der Waals surface area contributed by atoms with Gasteiger partial charge in [0.2, 0.25) is 0 Å². The van der Waals surface area contributed by atoms with Gasteiger partial charge in [-0.15, -0.1) is 11.8 Å². The van der Waals surface area contributed by atoms with Crippen molar-refractivity contribution in [3.05, 3.63) is 11.5 Å². The van der Waals surface area contributed by atoms with Crippen molar-refractivity contribution in [2.45, 2.75) is 25.5 Å². The Balaban J connectivity index is 3.07. The fourth-order valence-corrected chi connectivity index (χ4v) is 3.01. The molecule has 0 aromatic carbocycles. The Morgan fingerprint density at radius 2 is 2.18 bits per heavy atom. The zero-order valence-corrected chi connectivity index (χ0v) is 9.82. The molecular weight excluding hydrogens is 192 g/mol. The zero-order valence-electron chi connectivity index (χ0n) is 7.37. The van der Waals surface area contributed by atoms with Crippen LogP contribution in [0.2, 0.25) is 0 Å². The summed E-state index contributed by atoms with van der Waals surface area (Å²) < 4.78 is 0. The highest BCUT2D eigenvalue weighted by Crippen LogP contribution is 2.28. The normalized spacial score (nSPS) is 14.1. The molecule has 3 heteroatoms. The number of rotatable bonds is 6. The van der Waals surface area contributed by atoms with E-state index >= 15 is 0 Å². The lowest BCUT2D eigenvalue weighted by Crippen LogP contribution is -1.88. The van der Waals surface area contributed by atoms with E-state index < -0.39 is 0 Å². The summed E-state index contributed by atoms with van der Waals surface area (Å²) in [5.41, 5.74) is 0. The average Bonchev–Trinajstić information content (AvgIpc) is 2.04. The summed E-state index contributed by atoms with van der Waals surface area (Å²) in [6.07, 6.45) is 5.57. The molecule has 0 aliphatic heterocycles. The molecule has 0 aromatic heterocycles. The number of thioether (sulfide) groups is 1. The molecule has 0 aliphatic carbocycles. The molecule has 0 heterocycles. The van der Waals surface area contributed by atoms with Gasteiger partial charge in [0, 0.05) is 11.0 Å². The zero-order chi connectivity index (χ0) is 8.53. The van der Waals surface area contributed by atoms with Crippen molar-refractivity contribution in [3.63, 3.8) is 0 Å². The van der Waals surface area contributed by atoms with Crippen molar-refractivity contribution in [2.24, 2.45) is 0 Å². The first kappa shape index (κ1) is 11.8. The van der Waals surface area contributed by atoms with Crippen LogP contribution in [-0.4, -0.2) is 17.3 Å². The molecule has 0 spiro atoms. The van der Waals surface area contributed by atoms with Crippen molar-refractivity contribution >= 4 is 33.3 Å². The monoisotopic (exact) mass is 208 g/mol. The van der Waals surface area contributed by atoms with Crippen LogP contribution in [0.15, 0.2) is 11.5 Å². The fourth-order valence-electron chi connectivity index (χ4n) is 0.398. The molecule has 0 aliphatic rings. The second kappa shape index (κ2) is 8.88. The SMILES string of the molecule is CC[C@@H](C)SSC/C=C/SC. The van der Waals surface area contributed by atoms with Gasteiger partial charge >= 0.3 is 0 Å². The summed E-state index contributed by atoms with van der Waals surface area (Å²) in [6, 6.07) is 0. The van der Waals surface area contributed by atoms with Gasteiger partial charge < -0.3 is 0 Å². The molecule has 0 unspecified atom stereocenters. The van der Waals surface area contributed by atoms with Gasteiger partial charge in [-0.2, -0.15) is 0 Å². The third kappa shape index (κ3) is 8.70. The molecule has 0 radical (unpaired) electrons. The molecule has 0 saturated carbocycles. The quantitative estimate of drug-likeness (QED) is 0.477. The van der Waals surface area contributed by atoms with Crippen molar-refractivity contribution in [1.82, 2.24) is 0 Å². The molecule has 11 heavy (non-hydrogen) atoms. The summed E-state index contributed by atoms with van der Waals surface area (Å²) in [5, 5.41) is 2.94. The maximum Gasteiger partial charge on any atom is 0.0225 e. The number of hydrogen-bond donors (Lipinski definition) is 0. The van der Waals surface area contributed by atoms with Crippen molar-refractivity contribution in [1.29, 1.82) is 0 Å². The van der Waals surface area contributed by atoms with Crippen LogP contribution in [0.5, 0.6) is 0 Å². The third-order valence-corrected chi connectivity index (χ3v) is 4.60. The first-order valence-corrected chi connectivity index (χ1v) is 7.44.